The zero-order valence-corrected chi connectivity index (χ0v) is 14.0. The maximum Gasteiger partial charge on any atom is 0.270 e. The molecule has 2 rings (SSSR count). The molecule has 0 spiro atoms. The number of rotatable bonds is 5. The zero-order valence-electron chi connectivity index (χ0n) is 14.0. The first kappa shape index (κ1) is 16.8. The number of carbonyl (C=O) groups excluding carboxylic acids is 1. The lowest BCUT2D eigenvalue weighted by Crippen LogP contribution is -2.37. The second-order valence-corrected chi connectivity index (χ2v) is 5.94. The molecule has 1 heterocycles. The lowest BCUT2D eigenvalue weighted by molar-refractivity contribution is 0.0695. The summed E-state index contributed by atoms with van der Waals surface area (Å²) >= 11 is 0. The Labute approximate surface area is 137 Å². The third-order valence-electron chi connectivity index (χ3n) is 3.86. The molecular weight excluding hydrogens is 288 g/mol. The zero-order chi connectivity index (χ0) is 17.0. The first-order valence-corrected chi connectivity index (χ1v) is 7.47. The second kappa shape index (κ2) is 7.12. The van der Waals surface area contributed by atoms with Gasteiger partial charge in [-0.3, -0.25) is 4.79 Å². The van der Waals surface area contributed by atoms with Crippen LogP contribution in [0.4, 0.5) is 0 Å². The number of hydrogen-bond donors (Lipinski definition) is 0. The fourth-order valence-corrected chi connectivity index (χ4v) is 2.63. The molecule has 1 atom stereocenters. The van der Waals surface area contributed by atoms with Crippen molar-refractivity contribution in [2.45, 2.75) is 6.04 Å². The van der Waals surface area contributed by atoms with Crippen LogP contribution in [0, 0.1) is 11.3 Å². The third kappa shape index (κ3) is 3.79. The highest BCUT2D eigenvalue weighted by molar-refractivity contribution is 5.93. The molecular formula is C18H22N4O. The van der Waals surface area contributed by atoms with Gasteiger partial charge in [-0.05, 0) is 25.7 Å². The van der Waals surface area contributed by atoms with Crippen molar-refractivity contribution in [3.05, 3.63) is 59.4 Å². The predicted molar refractivity (Wildman–Crippen MR) is 90.0 cm³/mol. The van der Waals surface area contributed by atoms with Crippen LogP contribution in [-0.4, -0.2) is 48.0 Å². The van der Waals surface area contributed by atoms with Crippen LogP contribution in [-0.2, 0) is 7.05 Å². The van der Waals surface area contributed by atoms with Crippen LogP contribution in [0.5, 0.6) is 0 Å². The molecule has 0 bridgehead atoms. The van der Waals surface area contributed by atoms with Gasteiger partial charge in [0.25, 0.3) is 5.91 Å². The minimum absolute atomic E-state index is 0.0564. The Morgan fingerprint density at radius 1 is 1.26 bits per heavy atom. The largest absolute Gasteiger partial charge is 0.345 e. The van der Waals surface area contributed by atoms with Gasteiger partial charge in [0.1, 0.15) is 11.8 Å². The highest BCUT2D eigenvalue weighted by Crippen LogP contribution is 2.22. The molecule has 0 fully saturated rings. The number of hydrogen-bond acceptors (Lipinski definition) is 3. The van der Waals surface area contributed by atoms with Crippen molar-refractivity contribution in [1.82, 2.24) is 14.4 Å². The molecule has 23 heavy (non-hydrogen) atoms. The molecule has 0 aliphatic carbocycles. The molecule has 120 valence electrons. The molecule has 1 amide bonds. The minimum Gasteiger partial charge on any atom is -0.345 e. The van der Waals surface area contributed by atoms with Crippen molar-refractivity contribution in [3.8, 4) is 6.07 Å². The van der Waals surface area contributed by atoms with E-state index in [2.05, 4.69) is 11.0 Å². The van der Waals surface area contributed by atoms with E-state index in [9.17, 15) is 4.79 Å². The smallest absolute Gasteiger partial charge is 0.270 e. The molecule has 1 aromatic carbocycles. The number of amides is 1. The van der Waals surface area contributed by atoms with Crippen LogP contribution >= 0.6 is 0 Å². The Bertz CT molecular complexity index is 712. The normalized spacial score (nSPS) is 12.0. The van der Waals surface area contributed by atoms with Gasteiger partial charge in [0.2, 0.25) is 0 Å². The van der Waals surface area contributed by atoms with Gasteiger partial charge in [-0.2, -0.15) is 5.26 Å². The van der Waals surface area contributed by atoms with Crippen LogP contribution in [0.3, 0.4) is 0 Å². The van der Waals surface area contributed by atoms with Crippen LogP contribution in [0.25, 0.3) is 0 Å². The van der Waals surface area contributed by atoms with Crippen molar-refractivity contribution in [1.29, 1.82) is 5.26 Å². The van der Waals surface area contributed by atoms with Gasteiger partial charge in [0.05, 0.1) is 11.6 Å². The summed E-state index contributed by atoms with van der Waals surface area (Å²) < 4.78 is 1.70. The average molecular weight is 310 g/mol. The first-order valence-electron chi connectivity index (χ1n) is 7.47. The quantitative estimate of drug-likeness (QED) is 0.851. The van der Waals surface area contributed by atoms with Gasteiger partial charge in [-0.15, -0.1) is 0 Å². The Morgan fingerprint density at radius 3 is 2.43 bits per heavy atom. The average Bonchev–Trinajstić information content (AvgIpc) is 2.93. The monoisotopic (exact) mass is 310 g/mol. The molecule has 5 heteroatoms. The van der Waals surface area contributed by atoms with Gasteiger partial charge in [0.15, 0.2) is 0 Å². The van der Waals surface area contributed by atoms with Crippen molar-refractivity contribution in [2.75, 3.05) is 27.7 Å². The third-order valence-corrected chi connectivity index (χ3v) is 3.86. The van der Waals surface area contributed by atoms with Gasteiger partial charge < -0.3 is 14.4 Å². The molecule has 0 saturated heterocycles. The van der Waals surface area contributed by atoms with Gasteiger partial charge in [-0.1, -0.05) is 30.3 Å². The summed E-state index contributed by atoms with van der Waals surface area (Å²) in [4.78, 5) is 16.7. The van der Waals surface area contributed by atoms with E-state index < -0.39 is 0 Å². The maximum absolute atomic E-state index is 12.9. The van der Waals surface area contributed by atoms with Gasteiger partial charge in [-0.25, -0.2) is 0 Å². The lowest BCUT2D eigenvalue weighted by atomic mass is 10.0. The summed E-state index contributed by atoms with van der Waals surface area (Å²) in [7, 11) is 7.57. The van der Waals surface area contributed by atoms with E-state index in [-0.39, 0.29) is 11.9 Å². The number of nitriles is 1. The summed E-state index contributed by atoms with van der Waals surface area (Å²) in [5.74, 6) is -0.0929. The standard InChI is InChI=1S/C18H22N4O/c1-20(2)13-17(15-8-6-5-7-9-15)22(4)18(23)16-10-14(11-19)12-21(16)3/h5-10,12,17H,13H2,1-4H3/t17-/m0/s1. The van der Waals surface area contributed by atoms with Crippen LogP contribution in [0.1, 0.15) is 27.7 Å². The van der Waals surface area contributed by atoms with Crippen LogP contribution in [0.15, 0.2) is 42.6 Å². The molecule has 5 nitrogen and oxygen atoms in total. The molecule has 0 aliphatic heterocycles. The molecule has 0 unspecified atom stereocenters. The first-order chi connectivity index (χ1) is 10.9. The number of benzene rings is 1. The number of aromatic nitrogens is 1. The lowest BCUT2D eigenvalue weighted by Gasteiger charge is -2.31. The summed E-state index contributed by atoms with van der Waals surface area (Å²) in [6, 6.07) is 13.6. The minimum atomic E-state index is -0.0929. The molecule has 0 radical (unpaired) electrons. The fourth-order valence-electron chi connectivity index (χ4n) is 2.63. The van der Waals surface area contributed by atoms with E-state index in [0.29, 0.717) is 11.3 Å². The molecule has 0 N–H and O–H groups in total. The number of aryl methyl sites for hydroxylation is 1. The SMILES string of the molecule is CN(C)C[C@@H](c1ccccc1)N(C)C(=O)c1cc(C#N)cn1C. The Hall–Kier alpha value is -2.58. The number of carbonyl (C=O) groups is 1. The van der Waals surface area contributed by atoms with E-state index in [4.69, 9.17) is 5.26 Å². The van der Waals surface area contributed by atoms with Crippen molar-refractivity contribution >= 4 is 5.91 Å². The number of likely N-dealkylation sites (N-methyl/N-ethyl adjacent to an activating group) is 2. The highest BCUT2D eigenvalue weighted by atomic mass is 16.2. The summed E-state index contributed by atoms with van der Waals surface area (Å²) in [5.41, 5.74) is 2.10. The molecule has 0 saturated carbocycles. The molecule has 2 aromatic rings. The Kier molecular flexibility index (Phi) is 5.20. The Morgan fingerprint density at radius 2 is 1.91 bits per heavy atom. The van der Waals surface area contributed by atoms with Crippen molar-refractivity contribution in [2.24, 2.45) is 7.05 Å². The van der Waals surface area contributed by atoms with Crippen LogP contribution < -0.4 is 0 Å². The van der Waals surface area contributed by atoms with E-state index in [1.54, 1.807) is 28.8 Å². The second-order valence-electron chi connectivity index (χ2n) is 5.94. The van der Waals surface area contributed by atoms with Crippen molar-refractivity contribution < 1.29 is 4.79 Å². The molecule has 1 aromatic heterocycles. The summed E-state index contributed by atoms with van der Waals surface area (Å²) in [6.45, 7) is 0.724. The molecule has 0 aliphatic rings. The van der Waals surface area contributed by atoms with E-state index in [1.807, 2.05) is 51.5 Å². The summed E-state index contributed by atoms with van der Waals surface area (Å²) in [5, 5.41) is 9.01. The number of nitrogens with zero attached hydrogens (tertiary/aromatic N) is 4. The predicted octanol–water partition coefficient (Wildman–Crippen LogP) is 2.27. The van der Waals surface area contributed by atoms with E-state index in [0.717, 1.165) is 12.1 Å². The van der Waals surface area contributed by atoms with E-state index in [1.165, 1.54) is 0 Å². The van der Waals surface area contributed by atoms with Crippen molar-refractivity contribution in [3.63, 3.8) is 0 Å². The fraction of sp³-hybridized carbons (Fsp3) is 0.333. The Balaban J connectivity index is 2.33. The van der Waals surface area contributed by atoms with E-state index >= 15 is 0 Å². The highest BCUT2D eigenvalue weighted by Gasteiger charge is 2.25. The summed E-state index contributed by atoms with van der Waals surface area (Å²) in [6.07, 6.45) is 1.67. The van der Waals surface area contributed by atoms with Gasteiger partial charge in [0, 0.05) is 26.8 Å². The van der Waals surface area contributed by atoms with Gasteiger partial charge >= 0.3 is 0 Å². The van der Waals surface area contributed by atoms with Crippen LogP contribution in [0.2, 0.25) is 0 Å². The topological polar surface area (TPSA) is 52.3 Å². The maximum atomic E-state index is 12.9.